The van der Waals surface area contributed by atoms with Crippen LogP contribution in [0.5, 0.6) is 0 Å². The molecule has 1 N–H and O–H groups in total. The summed E-state index contributed by atoms with van der Waals surface area (Å²) in [7, 11) is -3.51. The monoisotopic (exact) mass is 521 g/mol. The molecule has 0 fully saturated rings. The molecule has 0 saturated carbocycles. The number of nitrogens with zero attached hydrogens (tertiary/aromatic N) is 2. The minimum Gasteiger partial charge on any atom is -0.354 e. The first kappa shape index (κ1) is 28.7. The predicted octanol–water partition coefficient (Wildman–Crippen LogP) is 4.47. The van der Waals surface area contributed by atoms with Gasteiger partial charge in [0.25, 0.3) is 0 Å². The van der Waals surface area contributed by atoms with Crippen LogP contribution in [-0.2, 0) is 26.2 Å². The van der Waals surface area contributed by atoms with Gasteiger partial charge in [0.05, 0.1) is 11.9 Å². The second-order valence-corrected chi connectivity index (χ2v) is 11.3. The fraction of sp³-hybridized carbons (Fsp3) is 0.462. The minimum absolute atomic E-state index is 0.112. The van der Waals surface area contributed by atoms with E-state index in [0.29, 0.717) is 30.1 Å². The van der Waals surface area contributed by atoms with E-state index in [-0.39, 0.29) is 37.2 Å². The number of halogens is 1. The van der Waals surface area contributed by atoms with Crippen molar-refractivity contribution in [3.05, 3.63) is 65.2 Å². The normalized spacial score (nSPS) is 12.3. The number of nitrogens with one attached hydrogen (secondary N) is 1. The first-order valence-corrected chi connectivity index (χ1v) is 14.1. The zero-order chi connectivity index (χ0) is 26.0. The molecule has 0 radical (unpaired) electrons. The van der Waals surface area contributed by atoms with Crippen LogP contribution in [0, 0.1) is 5.92 Å². The Balaban J connectivity index is 2.18. The Morgan fingerprint density at radius 3 is 2.20 bits per heavy atom. The van der Waals surface area contributed by atoms with Crippen LogP contribution in [0.2, 0.25) is 5.02 Å². The lowest BCUT2D eigenvalue weighted by molar-refractivity contribution is -0.141. The van der Waals surface area contributed by atoms with Gasteiger partial charge in [-0.2, -0.15) is 0 Å². The van der Waals surface area contributed by atoms with Crippen LogP contribution in [0.3, 0.4) is 0 Å². The first-order valence-electron chi connectivity index (χ1n) is 11.9. The van der Waals surface area contributed by atoms with E-state index in [2.05, 4.69) is 5.32 Å². The smallest absolute Gasteiger partial charge is 0.242 e. The molecule has 9 heteroatoms. The lowest BCUT2D eigenvalue weighted by Gasteiger charge is -2.31. The Hall–Kier alpha value is -2.58. The summed E-state index contributed by atoms with van der Waals surface area (Å²) < 4.78 is 26.0. The highest BCUT2D eigenvalue weighted by Gasteiger charge is 2.29. The molecular weight excluding hydrogens is 486 g/mol. The number of benzene rings is 2. The molecule has 35 heavy (non-hydrogen) atoms. The Morgan fingerprint density at radius 2 is 1.66 bits per heavy atom. The van der Waals surface area contributed by atoms with Crippen molar-refractivity contribution in [2.75, 3.05) is 23.7 Å². The zero-order valence-electron chi connectivity index (χ0n) is 20.9. The number of hydrogen-bond donors (Lipinski definition) is 1. The number of carbonyl (C=O) groups is 2. The predicted molar refractivity (Wildman–Crippen MR) is 142 cm³/mol. The van der Waals surface area contributed by atoms with Crippen LogP contribution in [0.15, 0.2) is 54.6 Å². The fourth-order valence-corrected chi connectivity index (χ4v) is 4.82. The van der Waals surface area contributed by atoms with Crippen LogP contribution in [0.25, 0.3) is 0 Å². The number of para-hydroxylation sites is 1. The van der Waals surface area contributed by atoms with Gasteiger partial charge in [-0.3, -0.25) is 13.9 Å². The van der Waals surface area contributed by atoms with Crippen LogP contribution < -0.4 is 9.62 Å². The molecule has 0 bridgehead atoms. The molecule has 2 aromatic rings. The molecule has 2 aromatic carbocycles. The maximum atomic E-state index is 13.4. The summed E-state index contributed by atoms with van der Waals surface area (Å²) in [4.78, 5) is 27.9. The highest BCUT2D eigenvalue weighted by atomic mass is 35.5. The summed E-state index contributed by atoms with van der Waals surface area (Å²) in [5.41, 5.74) is 1.42. The quantitative estimate of drug-likeness (QED) is 0.421. The number of sulfonamides is 1. The van der Waals surface area contributed by atoms with E-state index in [1.807, 2.05) is 39.0 Å². The highest BCUT2D eigenvalue weighted by molar-refractivity contribution is 7.92. The first-order chi connectivity index (χ1) is 16.5. The second kappa shape index (κ2) is 13.5. The Bertz CT molecular complexity index is 1060. The van der Waals surface area contributed by atoms with Crippen molar-refractivity contribution >= 4 is 39.1 Å². The summed E-state index contributed by atoms with van der Waals surface area (Å²) in [5, 5.41) is 3.53. The molecule has 0 aliphatic carbocycles. The third-order valence-electron chi connectivity index (χ3n) is 5.53. The van der Waals surface area contributed by atoms with Crippen molar-refractivity contribution < 1.29 is 18.0 Å². The average molecular weight is 522 g/mol. The van der Waals surface area contributed by atoms with Gasteiger partial charge in [0, 0.05) is 31.1 Å². The number of hydrogen-bond acceptors (Lipinski definition) is 4. The minimum atomic E-state index is -3.51. The van der Waals surface area contributed by atoms with Crippen molar-refractivity contribution in [2.24, 2.45) is 5.92 Å². The summed E-state index contributed by atoms with van der Waals surface area (Å²) >= 11 is 6.01. The van der Waals surface area contributed by atoms with E-state index >= 15 is 0 Å². The van der Waals surface area contributed by atoms with Crippen molar-refractivity contribution in [2.45, 2.75) is 52.6 Å². The molecule has 0 spiro atoms. The molecule has 0 aromatic heterocycles. The standard InChI is InChI=1S/C26H36ClN3O4S/c1-5-24(26(32)28-18-20(2)3)29(19-21-13-15-22(27)16-14-21)25(31)12-9-17-30(35(4,33)34)23-10-7-6-8-11-23/h6-8,10-11,13-16,20,24H,5,9,12,17-19H2,1-4H3,(H,28,32). The van der Waals surface area contributed by atoms with Crippen LogP contribution >= 0.6 is 11.6 Å². The maximum absolute atomic E-state index is 13.4. The number of anilines is 1. The molecule has 1 atom stereocenters. The number of rotatable bonds is 13. The molecule has 192 valence electrons. The van der Waals surface area contributed by atoms with E-state index in [9.17, 15) is 18.0 Å². The second-order valence-electron chi connectivity index (χ2n) is 8.99. The van der Waals surface area contributed by atoms with Crippen molar-refractivity contribution in [1.82, 2.24) is 10.2 Å². The van der Waals surface area contributed by atoms with Crippen molar-refractivity contribution in [3.63, 3.8) is 0 Å². The lowest BCUT2D eigenvalue weighted by atomic mass is 10.1. The molecule has 0 saturated heterocycles. The molecule has 0 aliphatic rings. The molecule has 2 rings (SSSR count). The van der Waals surface area contributed by atoms with Gasteiger partial charge in [0.2, 0.25) is 21.8 Å². The topological polar surface area (TPSA) is 86.8 Å². The van der Waals surface area contributed by atoms with E-state index < -0.39 is 16.1 Å². The molecule has 2 amide bonds. The summed E-state index contributed by atoms with van der Waals surface area (Å²) in [5.74, 6) is -0.101. The summed E-state index contributed by atoms with van der Waals surface area (Å²) in [6, 6.07) is 15.4. The van der Waals surface area contributed by atoms with Gasteiger partial charge in [0.1, 0.15) is 6.04 Å². The molecule has 1 unspecified atom stereocenters. The van der Waals surface area contributed by atoms with Crippen molar-refractivity contribution in [3.8, 4) is 0 Å². The van der Waals surface area contributed by atoms with E-state index in [1.54, 1.807) is 41.3 Å². The molecule has 7 nitrogen and oxygen atoms in total. The van der Waals surface area contributed by atoms with Crippen LogP contribution in [0.4, 0.5) is 5.69 Å². The number of amides is 2. The van der Waals surface area contributed by atoms with E-state index in [4.69, 9.17) is 11.6 Å². The SMILES string of the molecule is CCC(C(=O)NCC(C)C)N(Cc1ccc(Cl)cc1)C(=O)CCCN(c1ccccc1)S(C)(=O)=O. The zero-order valence-corrected chi connectivity index (χ0v) is 22.5. The average Bonchev–Trinajstić information content (AvgIpc) is 2.81. The van der Waals surface area contributed by atoms with Gasteiger partial charge in [0.15, 0.2) is 0 Å². The van der Waals surface area contributed by atoms with Gasteiger partial charge in [-0.05, 0) is 48.6 Å². The lowest BCUT2D eigenvalue weighted by Crippen LogP contribution is -2.49. The molecular formula is C26H36ClN3O4S. The molecule has 0 heterocycles. The van der Waals surface area contributed by atoms with Gasteiger partial charge < -0.3 is 10.2 Å². The largest absolute Gasteiger partial charge is 0.354 e. The van der Waals surface area contributed by atoms with Crippen LogP contribution in [0.1, 0.15) is 45.6 Å². The third kappa shape index (κ3) is 9.18. The molecule has 0 aliphatic heterocycles. The van der Waals surface area contributed by atoms with Crippen LogP contribution in [-0.4, -0.2) is 50.5 Å². The van der Waals surface area contributed by atoms with Crippen molar-refractivity contribution in [1.29, 1.82) is 0 Å². The van der Waals surface area contributed by atoms with Gasteiger partial charge in [-0.1, -0.05) is 62.7 Å². The Morgan fingerprint density at radius 1 is 1.03 bits per heavy atom. The Kier molecular flexibility index (Phi) is 11.0. The summed E-state index contributed by atoms with van der Waals surface area (Å²) in [6.07, 6.45) is 2.05. The van der Waals surface area contributed by atoms with Gasteiger partial charge >= 0.3 is 0 Å². The van der Waals surface area contributed by atoms with Gasteiger partial charge in [-0.25, -0.2) is 8.42 Å². The highest BCUT2D eigenvalue weighted by Crippen LogP contribution is 2.20. The fourth-order valence-electron chi connectivity index (χ4n) is 3.73. The summed E-state index contributed by atoms with van der Waals surface area (Å²) in [6.45, 7) is 6.86. The number of carbonyl (C=O) groups excluding carboxylic acids is 2. The third-order valence-corrected chi connectivity index (χ3v) is 6.98. The van der Waals surface area contributed by atoms with E-state index in [1.165, 1.54) is 4.31 Å². The van der Waals surface area contributed by atoms with E-state index in [0.717, 1.165) is 11.8 Å². The van der Waals surface area contributed by atoms with Gasteiger partial charge in [-0.15, -0.1) is 0 Å². The Labute approximate surface area is 214 Å². The maximum Gasteiger partial charge on any atom is 0.242 e.